The van der Waals surface area contributed by atoms with Crippen LogP contribution in [0.2, 0.25) is 0 Å². The van der Waals surface area contributed by atoms with Crippen LogP contribution in [0.1, 0.15) is 52.9 Å². The SMILES string of the molecule is Cc1cccc([C@H](C)NC(=O)Nc2ccc3c(c2)CN(C2CCC(=O)NC2=O)C3=O)c1. The molecule has 2 aliphatic rings. The maximum atomic E-state index is 12.7. The number of piperidine rings is 1. The maximum Gasteiger partial charge on any atom is 0.319 e. The van der Waals surface area contributed by atoms with Gasteiger partial charge >= 0.3 is 6.03 Å². The van der Waals surface area contributed by atoms with E-state index in [1.165, 1.54) is 4.90 Å². The van der Waals surface area contributed by atoms with Crippen LogP contribution < -0.4 is 16.0 Å². The predicted octanol–water partition coefficient (Wildman–Crippen LogP) is 2.64. The van der Waals surface area contributed by atoms with Crippen LogP contribution in [0.3, 0.4) is 0 Å². The van der Waals surface area contributed by atoms with Crippen molar-refractivity contribution in [2.45, 2.75) is 45.3 Å². The molecule has 8 nitrogen and oxygen atoms in total. The Labute approximate surface area is 180 Å². The van der Waals surface area contributed by atoms with Gasteiger partial charge in [0, 0.05) is 24.2 Å². The summed E-state index contributed by atoms with van der Waals surface area (Å²) in [6, 6.07) is 11.8. The van der Waals surface area contributed by atoms with Gasteiger partial charge in [-0.1, -0.05) is 29.8 Å². The van der Waals surface area contributed by atoms with E-state index in [1.807, 2.05) is 38.1 Å². The minimum Gasteiger partial charge on any atom is -0.331 e. The number of imide groups is 1. The number of benzene rings is 2. The van der Waals surface area contributed by atoms with Crippen LogP contribution in [0.25, 0.3) is 0 Å². The van der Waals surface area contributed by atoms with Crippen molar-refractivity contribution in [3.63, 3.8) is 0 Å². The van der Waals surface area contributed by atoms with Crippen molar-refractivity contribution in [3.05, 3.63) is 64.7 Å². The minimum absolute atomic E-state index is 0.168. The van der Waals surface area contributed by atoms with E-state index in [0.717, 1.165) is 16.7 Å². The lowest BCUT2D eigenvalue weighted by molar-refractivity contribution is -0.136. The van der Waals surface area contributed by atoms with E-state index in [1.54, 1.807) is 18.2 Å². The van der Waals surface area contributed by atoms with Crippen molar-refractivity contribution in [2.24, 2.45) is 0 Å². The highest BCUT2D eigenvalue weighted by atomic mass is 16.2. The average Bonchev–Trinajstić information content (AvgIpc) is 3.03. The highest BCUT2D eigenvalue weighted by Gasteiger charge is 2.39. The van der Waals surface area contributed by atoms with Gasteiger partial charge in [-0.2, -0.15) is 0 Å². The first-order chi connectivity index (χ1) is 14.8. The molecule has 1 saturated heterocycles. The molecule has 2 aliphatic heterocycles. The van der Waals surface area contributed by atoms with E-state index in [-0.39, 0.29) is 36.9 Å². The molecule has 0 saturated carbocycles. The van der Waals surface area contributed by atoms with E-state index in [2.05, 4.69) is 16.0 Å². The number of nitrogens with zero attached hydrogens (tertiary/aromatic N) is 1. The van der Waals surface area contributed by atoms with Gasteiger partial charge in [-0.15, -0.1) is 0 Å². The zero-order valence-corrected chi connectivity index (χ0v) is 17.4. The molecule has 1 unspecified atom stereocenters. The summed E-state index contributed by atoms with van der Waals surface area (Å²) >= 11 is 0. The van der Waals surface area contributed by atoms with Crippen LogP contribution in [0.5, 0.6) is 0 Å². The first-order valence-corrected chi connectivity index (χ1v) is 10.2. The molecule has 2 atom stereocenters. The maximum absolute atomic E-state index is 12.7. The third-order valence-electron chi connectivity index (χ3n) is 5.67. The van der Waals surface area contributed by atoms with Gasteiger partial charge in [-0.05, 0) is 49.6 Å². The number of hydrogen-bond acceptors (Lipinski definition) is 4. The lowest BCUT2D eigenvalue weighted by Crippen LogP contribution is -2.52. The van der Waals surface area contributed by atoms with Crippen molar-refractivity contribution < 1.29 is 19.2 Å². The van der Waals surface area contributed by atoms with Crippen LogP contribution in [0.15, 0.2) is 42.5 Å². The van der Waals surface area contributed by atoms with E-state index in [4.69, 9.17) is 0 Å². The number of fused-ring (bicyclic) bond motifs is 1. The molecule has 2 heterocycles. The van der Waals surface area contributed by atoms with Gasteiger partial charge in [0.05, 0.1) is 6.04 Å². The van der Waals surface area contributed by atoms with Crippen molar-refractivity contribution >= 4 is 29.4 Å². The highest BCUT2D eigenvalue weighted by Crippen LogP contribution is 2.29. The summed E-state index contributed by atoms with van der Waals surface area (Å²) in [4.78, 5) is 50.2. The van der Waals surface area contributed by atoms with Gasteiger partial charge in [0.25, 0.3) is 5.91 Å². The van der Waals surface area contributed by atoms with E-state index in [0.29, 0.717) is 17.7 Å². The summed E-state index contributed by atoms with van der Waals surface area (Å²) < 4.78 is 0. The molecule has 1 fully saturated rings. The molecule has 2 aromatic carbocycles. The second-order valence-electron chi connectivity index (χ2n) is 8.01. The Morgan fingerprint density at radius 3 is 2.71 bits per heavy atom. The summed E-state index contributed by atoms with van der Waals surface area (Å²) in [7, 11) is 0. The van der Waals surface area contributed by atoms with Crippen LogP contribution in [-0.4, -0.2) is 34.7 Å². The van der Waals surface area contributed by atoms with Gasteiger partial charge in [0.1, 0.15) is 6.04 Å². The Hall–Kier alpha value is -3.68. The number of anilines is 1. The number of aryl methyl sites for hydroxylation is 1. The molecular formula is C23H24N4O4. The fraction of sp³-hybridized carbons (Fsp3) is 0.304. The molecule has 0 aliphatic carbocycles. The van der Waals surface area contributed by atoms with Crippen molar-refractivity contribution in [1.29, 1.82) is 0 Å². The summed E-state index contributed by atoms with van der Waals surface area (Å²) in [5, 5.41) is 8.00. The molecule has 160 valence electrons. The van der Waals surface area contributed by atoms with Gasteiger partial charge in [0.2, 0.25) is 11.8 Å². The lowest BCUT2D eigenvalue weighted by atomic mass is 10.0. The molecule has 2 aromatic rings. The number of rotatable bonds is 4. The molecule has 0 spiro atoms. The number of urea groups is 1. The number of carbonyl (C=O) groups is 4. The van der Waals surface area contributed by atoms with E-state index >= 15 is 0 Å². The van der Waals surface area contributed by atoms with Crippen molar-refractivity contribution in [3.8, 4) is 0 Å². The zero-order valence-electron chi connectivity index (χ0n) is 17.4. The van der Waals surface area contributed by atoms with Crippen LogP contribution in [0, 0.1) is 6.92 Å². The largest absolute Gasteiger partial charge is 0.331 e. The first kappa shape index (κ1) is 20.6. The fourth-order valence-corrected chi connectivity index (χ4v) is 4.04. The standard InChI is InChI=1S/C23H24N4O4/c1-13-4-3-5-15(10-13)14(2)24-23(31)25-17-6-7-18-16(11-17)12-27(22(18)30)19-8-9-20(28)26-21(19)29/h3-7,10-11,14,19H,8-9,12H2,1-2H3,(H2,24,25,31)(H,26,28,29)/t14-,19?/m0/s1. The third kappa shape index (κ3) is 4.28. The molecular weight excluding hydrogens is 396 g/mol. The molecule has 0 radical (unpaired) electrons. The second-order valence-corrected chi connectivity index (χ2v) is 8.01. The summed E-state index contributed by atoms with van der Waals surface area (Å²) in [6.45, 7) is 4.17. The van der Waals surface area contributed by atoms with Gasteiger partial charge in [-0.3, -0.25) is 19.7 Å². The quantitative estimate of drug-likeness (QED) is 0.661. The Bertz CT molecular complexity index is 1080. The Morgan fingerprint density at radius 2 is 1.97 bits per heavy atom. The average molecular weight is 420 g/mol. The molecule has 4 rings (SSSR count). The Balaban J connectivity index is 1.42. The predicted molar refractivity (Wildman–Crippen MR) is 114 cm³/mol. The molecule has 0 aromatic heterocycles. The second kappa shape index (κ2) is 8.22. The first-order valence-electron chi connectivity index (χ1n) is 10.2. The van der Waals surface area contributed by atoms with Crippen molar-refractivity contribution in [2.75, 3.05) is 5.32 Å². The van der Waals surface area contributed by atoms with E-state index < -0.39 is 11.9 Å². The molecule has 5 amide bonds. The zero-order chi connectivity index (χ0) is 22.1. The Morgan fingerprint density at radius 1 is 1.16 bits per heavy atom. The molecule has 3 N–H and O–H groups in total. The van der Waals surface area contributed by atoms with Crippen LogP contribution in [-0.2, 0) is 16.1 Å². The van der Waals surface area contributed by atoms with Gasteiger partial charge in [0.15, 0.2) is 0 Å². The lowest BCUT2D eigenvalue weighted by Gasteiger charge is -2.29. The normalized spacial score (nSPS) is 19.0. The third-order valence-corrected chi connectivity index (χ3v) is 5.67. The number of carbonyl (C=O) groups excluding carboxylic acids is 4. The van der Waals surface area contributed by atoms with Gasteiger partial charge < -0.3 is 15.5 Å². The highest BCUT2D eigenvalue weighted by molar-refractivity contribution is 6.05. The number of nitrogens with one attached hydrogen (secondary N) is 3. The fourth-order valence-electron chi connectivity index (χ4n) is 4.04. The molecule has 8 heteroatoms. The number of hydrogen-bond donors (Lipinski definition) is 3. The minimum atomic E-state index is -0.660. The number of amides is 5. The molecule has 31 heavy (non-hydrogen) atoms. The Kier molecular flexibility index (Phi) is 5.46. The van der Waals surface area contributed by atoms with Crippen LogP contribution in [0.4, 0.5) is 10.5 Å². The van der Waals surface area contributed by atoms with E-state index in [9.17, 15) is 19.2 Å². The topological polar surface area (TPSA) is 108 Å². The smallest absolute Gasteiger partial charge is 0.319 e. The monoisotopic (exact) mass is 420 g/mol. The molecule has 0 bridgehead atoms. The summed E-state index contributed by atoms with van der Waals surface area (Å²) in [6.07, 6.45) is 0.525. The van der Waals surface area contributed by atoms with Gasteiger partial charge in [-0.25, -0.2) is 4.79 Å². The van der Waals surface area contributed by atoms with Crippen LogP contribution >= 0.6 is 0 Å². The van der Waals surface area contributed by atoms with Crippen molar-refractivity contribution in [1.82, 2.24) is 15.5 Å². The summed E-state index contributed by atoms with van der Waals surface area (Å²) in [5.74, 6) is -1.00. The summed E-state index contributed by atoms with van der Waals surface area (Å²) in [5.41, 5.74) is 3.93.